The van der Waals surface area contributed by atoms with E-state index in [0.29, 0.717) is 9.59 Å². The van der Waals surface area contributed by atoms with Gasteiger partial charge in [0.15, 0.2) is 17.9 Å². The zero-order valence-electron chi connectivity index (χ0n) is 20.6. The molecule has 1 aliphatic heterocycles. The Balaban J connectivity index is 1.63. The van der Waals surface area contributed by atoms with Crippen LogP contribution in [0.3, 0.4) is 0 Å². The summed E-state index contributed by atoms with van der Waals surface area (Å²) in [5.74, 6) is -4.04. The molecule has 0 radical (unpaired) electrons. The van der Waals surface area contributed by atoms with Gasteiger partial charge in [0, 0.05) is 17.3 Å². The largest absolute Gasteiger partial charge is 0.462 e. The molecule has 1 saturated heterocycles. The molecule has 1 saturated carbocycles. The number of aromatic nitrogens is 2. The van der Waals surface area contributed by atoms with Crippen molar-refractivity contribution in [2.24, 2.45) is 0 Å². The number of esters is 1. The number of aromatic amines is 1. The Kier molecular flexibility index (Phi) is 7.15. The fourth-order valence-corrected chi connectivity index (χ4v) is 5.98. The molecule has 4 rings (SSSR count). The first kappa shape index (κ1) is 28.4. The van der Waals surface area contributed by atoms with E-state index < -0.39 is 66.5 Å². The van der Waals surface area contributed by atoms with Crippen LogP contribution in [-0.2, 0) is 23.4 Å². The predicted octanol–water partition coefficient (Wildman–Crippen LogP) is 1.38. The first-order chi connectivity index (χ1) is 17.5. The van der Waals surface area contributed by atoms with E-state index in [4.69, 9.17) is 30.1 Å². The number of rotatable bonds is 9. The molecule has 208 valence electrons. The number of benzene rings is 1. The molecule has 2 aromatic rings. The fourth-order valence-electron chi connectivity index (χ4n) is 4.16. The van der Waals surface area contributed by atoms with Crippen molar-refractivity contribution in [1.82, 2.24) is 14.6 Å². The molecule has 16 heteroatoms. The average Bonchev–Trinajstić information content (AvgIpc) is 3.20. The van der Waals surface area contributed by atoms with Crippen LogP contribution in [0.4, 0.5) is 4.39 Å². The first-order valence-electron chi connectivity index (χ1n) is 11.4. The standard InChI is InChI=1S/C22H26ClFN3O10P/c1-11(2)34-16(29)12(3)26-38(33,36-14-7-5-13(23)6-8-14)37-17-21(32)20(4,31)18(35-22(17,21)24)27-10-9-15(28)25-19(27)30/h5-12,17-18,31-32H,1-4H3,(H,26,33)(H,25,28,30)/t12?,17?,18-,20+,21+,22-,38?/m1/s1. The van der Waals surface area contributed by atoms with Crippen molar-refractivity contribution in [3.8, 4) is 5.75 Å². The van der Waals surface area contributed by atoms with Crippen LogP contribution in [0.1, 0.15) is 33.9 Å². The third kappa shape index (κ3) is 4.70. The number of nitrogens with one attached hydrogen (secondary N) is 2. The van der Waals surface area contributed by atoms with Crippen LogP contribution in [0.5, 0.6) is 5.75 Å². The van der Waals surface area contributed by atoms with Gasteiger partial charge in [0.2, 0.25) is 0 Å². The lowest BCUT2D eigenvalue weighted by Gasteiger charge is -2.33. The third-order valence-electron chi connectivity index (χ3n) is 6.13. The topological polar surface area (TPSA) is 178 Å². The second-order valence-electron chi connectivity index (χ2n) is 9.41. The smallest absolute Gasteiger partial charge is 0.460 e. The Morgan fingerprint density at radius 3 is 2.39 bits per heavy atom. The molecule has 2 fully saturated rings. The van der Waals surface area contributed by atoms with Gasteiger partial charge in [-0.1, -0.05) is 11.6 Å². The number of nitrogens with zero attached hydrogens (tertiary/aromatic N) is 1. The molecule has 4 N–H and O–H groups in total. The van der Waals surface area contributed by atoms with Gasteiger partial charge in [0.05, 0.1) is 6.10 Å². The van der Waals surface area contributed by atoms with Crippen molar-refractivity contribution in [3.05, 3.63) is 62.4 Å². The number of alkyl halides is 1. The number of aliphatic hydroxyl groups is 2. The van der Waals surface area contributed by atoms with E-state index in [2.05, 4.69) is 5.09 Å². The van der Waals surface area contributed by atoms with Crippen LogP contribution in [0.2, 0.25) is 5.02 Å². The molecule has 0 bridgehead atoms. The number of ether oxygens (including phenoxy) is 2. The van der Waals surface area contributed by atoms with E-state index in [1.807, 2.05) is 4.98 Å². The van der Waals surface area contributed by atoms with E-state index in [0.717, 1.165) is 19.2 Å². The van der Waals surface area contributed by atoms with Gasteiger partial charge in [0.25, 0.3) is 11.4 Å². The summed E-state index contributed by atoms with van der Waals surface area (Å²) in [6.45, 7) is 5.47. The van der Waals surface area contributed by atoms with Gasteiger partial charge >= 0.3 is 19.4 Å². The molecule has 1 aromatic carbocycles. The van der Waals surface area contributed by atoms with Gasteiger partial charge in [-0.15, -0.1) is 0 Å². The van der Waals surface area contributed by atoms with Gasteiger partial charge in [-0.05, 0) is 52.0 Å². The lowest BCUT2D eigenvalue weighted by molar-refractivity contribution is -0.180. The quantitative estimate of drug-likeness (QED) is 0.250. The summed E-state index contributed by atoms with van der Waals surface area (Å²) in [5.41, 5.74) is -7.17. The number of halogens is 2. The second kappa shape index (κ2) is 9.56. The lowest BCUT2D eigenvalue weighted by Crippen LogP contribution is -2.51. The van der Waals surface area contributed by atoms with Crippen molar-refractivity contribution < 1.29 is 42.5 Å². The minimum atomic E-state index is -4.71. The summed E-state index contributed by atoms with van der Waals surface area (Å²) in [5, 5.41) is 24.9. The molecular weight excluding hydrogens is 552 g/mol. The van der Waals surface area contributed by atoms with Gasteiger partial charge in [-0.25, -0.2) is 13.8 Å². The van der Waals surface area contributed by atoms with Crippen molar-refractivity contribution in [2.45, 2.75) is 69.2 Å². The normalized spacial score (nSPS) is 32.3. The summed E-state index contributed by atoms with van der Waals surface area (Å²) in [6.07, 6.45) is -3.45. The number of H-pyrrole nitrogens is 1. The maximum Gasteiger partial charge on any atom is 0.460 e. The van der Waals surface area contributed by atoms with E-state index in [-0.39, 0.29) is 5.75 Å². The van der Waals surface area contributed by atoms with E-state index >= 15 is 4.39 Å². The molecule has 1 aromatic heterocycles. The summed E-state index contributed by atoms with van der Waals surface area (Å²) >= 11 is 5.86. The number of carbonyl (C=O) groups is 1. The summed E-state index contributed by atoms with van der Waals surface area (Å²) in [4.78, 5) is 37.8. The Morgan fingerprint density at radius 1 is 1.24 bits per heavy atom. The molecular formula is C22H26ClFN3O10P. The van der Waals surface area contributed by atoms with E-state index in [9.17, 15) is 29.2 Å². The van der Waals surface area contributed by atoms with Crippen LogP contribution >= 0.6 is 19.3 Å². The van der Waals surface area contributed by atoms with Crippen molar-refractivity contribution in [3.63, 3.8) is 0 Å². The Bertz CT molecular complexity index is 1400. The summed E-state index contributed by atoms with van der Waals surface area (Å²) < 4.78 is 51.5. The maximum atomic E-state index is 15.9. The minimum Gasteiger partial charge on any atom is -0.462 e. The highest BCUT2D eigenvalue weighted by molar-refractivity contribution is 7.52. The van der Waals surface area contributed by atoms with Crippen molar-refractivity contribution >= 4 is 25.3 Å². The summed E-state index contributed by atoms with van der Waals surface area (Å²) in [6, 6.07) is 5.13. The second-order valence-corrected chi connectivity index (χ2v) is 11.5. The van der Waals surface area contributed by atoms with Crippen LogP contribution in [0.25, 0.3) is 0 Å². The Morgan fingerprint density at radius 2 is 1.87 bits per heavy atom. The average molecular weight is 578 g/mol. The molecule has 13 nitrogen and oxygen atoms in total. The van der Waals surface area contributed by atoms with Gasteiger partial charge < -0.3 is 24.2 Å². The Labute approximate surface area is 220 Å². The molecule has 2 aliphatic rings. The van der Waals surface area contributed by atoms with Crippen LogP contribution in [-0.4, -0.2) is 61.0 Å². The van der Waals surface area contributed by atoms with Crippen LogP contribution < -0.4 is 20.9 Å². The molecule has 1 aliphatic carbocycles. The van der Waals surface area contributed by atoms with Crippen molar-refractivity contribution in [1.29, 1.82) is 0 Å². The zero-order chi connectivity index (χ0) is 28.3. The lowest BCUT2D eigenvalue weighted by atomic mass is 9.95. The van der Waals surface area contributed by atoms with E-state index in [1.165, 1.54) is 31.2 Å². The van der Waals surface area contributed by atoms with Crippen LogP contribution in [0, 0.1) is 0 Å². The minimum absolute atomic E-state index is 0.0503. The first-order valence-corrected chi connectivity index (χ1v) is 13.3. The third-order valence-corrected chi connectivity index (χ3v) is 8.03. The predicted molar refractivity (Wildman–Crippen MR) is 129 cm³/mol. The maximum absolute atomic E-state index is 15.9. The highest BCUT2D eigenvalue weighted by Gasteiger charge is 2.95. The van der Waals surface area contributed by atoms with Crippen LogP contribution in [0.15, 0.2) is 46.1 Å². The summed E-state index contributed by atoms with van der Waals surface area (Å²) in [7, 11) is -4.71. The number of fused-ring (bicyclic) bond motifs is 1. The molecule has 3 unspecified atom stereocenters. The number of carbonyl (C=O) groups excluding carboxylic acids is 1. The molecule has 7 atom stereocenters. The Hall–Kier alpha value is -2.58. The van der Waals surface area contributed by atoms with Gasteiger partial charge in [0.1, 0.15) is 17.4 Å². The molecule has 2 heterocycles. The fraction of sp³-hybridized carbons (Fsp3) is 0.500. The highest BCUT2D eigenvalue weighted by Crippen LogP contribution is 2.71. The van der Waals surface area contributed by atoms with Crippen molar-refractivity contribution in [2.75, 3.05) is 0 Å². The number of hydrogen-bond acceptors (Lipinski definition) is 10. The highest BCUT2D eigenvalue weighted by atomic mass is 35.5. The SMILES string of the molecule is CC(C)OC(=O)C(C)NP(=O)(Oc1ccc(Cl)cc1)OC1[C@]2(O)[C@@](C)(O)[C@H](n3ccc(=O)[nH]c3=O)O[C@]12F. The molecule has 0 spiro atoms. The number of hydrogen-bond donors (Lipinski definition) is 4. The van der Waals surface area contributed by atoms with Gasteiger partial charge in [-0.2, -0.15) is 5.09 Å². The zero-order valence-corrected chi connectivity index (χ0v) is 22.2. The molecule has 0 amide bonds. The molecule has 38 heavy (non-hydrogen) atoms. The monoisotopic (exact) mass is 577 g/mol. The van der Waals surface area contributed by atoms with Gasteiger partial charge in [-0.3, -0.25) is 23.7 Å². The van der Waals surface area contributed by atoms with E-state index in [1.54, 1.807) is 13.8 Å².